The zero-order valence-corrected chi connectivity index (χ0v) is 15.4. The zero-order valence-electron chi connectivity index (χ0n) is 14.6. The monoisotopic (exact) mass is 409 g/mol. The lowest BCUT2D eigenvalue weighted by Gasteiger charge is -2.15. The van der Waals surface area contributed by atoms with Crippen LogP contribution in [0.15, 0.2) is 54.9 Å². The molecule has 8 heteroatoms. The van der Waals surface area contributed by atoms with Crippen LogP contribution in [0.2, 0.25) is 0 Å². The highest BCUT2D eigenvalue weighted by Gasteiger charge is 2.32. The standard InChI is InChI=1S/C20H15F4NO2S/c1-12-2-3-13(8-18(12)20(22,23)24)16-6-7-25-10-17(16)14-4-5-15(11-28(26)27)19(21)9-14/h2-10H,11H2,1H3,(H,26,27). The zero-order chi connectivity index (χ0) is 20.5. The molecule has 2 aromatic carbocycles. The second-order valence-corrected chi connectivity index (χ2v) is 7.15. The van der Waals surface area contributed by atoms with Crippen molar-refractivity contribution in [2.75, 3.05) is 0 Å². The fraction of sp³-hybridized carbons (Fsp3) is 0.150. The molecule has 3 aromatic rings. The molecule has 0 aliphatic carbocycles. The van der Waals surface area contributed by atoms with Crippen LogP contribution in [0, 0.1) is 12.7 Å². The van der Waals surface area contributed by atoms with E-state index in [4.69, 9.17) is 4.55 Å². The topological polar surface area (TPSA) is 50.2 Å². The molecule has 3 rings (SSSR count). The highest BCUT2D eigenvalue weighted by atomic mass is 32.2. The van der Waals surface area contributed by atoms with Gasteiger partial charge in [0.15, 0.2) is 11.1 Å². The van der Waals surface area contributed by atoms with E-state index >= 15 is 0 Å². The molecule has 0 amide bonds. The van der Waals surface area contributed by atoms with Gasteiger partial charge < -0.3 is 4.55 Å². The van der Waals surface area contributed by atoms with Gasteiger partial charge in [-0.2, -0.15) is 13.2 Å². The average molecular weight is 409 g/mol. The van der Waals surface area contributed by atoms with E-state index in [-0.39, 0.29) is 16.9 Å². The Morgan fingerprint density at radius 2 is 1.71 bits per heavy atom. The first-order valence-corrected chi connectivity index (χ1v) is 9.43. The lowest BCUT2D eigenvalue weighted by molar-refractivity contribution is -0.138. The van der Waals surface area contributed by atoms with E-state index < -0.39 is 28.6 Å². The van der Waals surface area contributed by atoms with Crippen molar-refractivity contribution in [3.63, 3.8) is 0 Å². The molecule has 0 aliphatic rings. The van der Waals surface area contributed by atoms with E-state index in [1.807, 2.05) is 0 Å². The van der Waals surface area contributed by atoms with Gasteiger partial charge in [-0.15, -0.1) is 0 Å². The Kier molecular flexibility index (Phi) is 5.62. The molecular formula is C20H15F4NO2S. The molecule has 1 atom stereocenters. The third-order valence-corrected chi connectivity index (χ3v) is 4.88. The van der Waals surface area contributed by atoms with Crippen LogP contribution in [-0.4, -0.2) is 13.7 Å². The minimum absolute atomic E-state index is 0.0738. The van der Waals surface area contributed by atoms with Crippen LogP contribution in [0.25, 0.3) is 22.3 Å². The maximum absolute atomic E-state index is 14.3. The van der Waals surface area contributed by atoms with Gasteiger partial charge >= 0.3 is 6.18 Å². The van der Waals surface area contributed by atoms with E-state index in [0.717, 1.165) is 6.07 Å². The number of alkyl halides is 3. The van der Waals surface area contributed by atoms with Crippen LogP contribution < -0.4 is 0 Å². The van der Waals surface area contributed by atoms with E-state index in [9.17, 15) is 21.8 Å². The molecule has 0 bridgehead atoms. The van der Waals surface area contributed by atoms with Gasteiger partial charge in [0.2, 0.25) is 0 Å². The second-order valence-electron chi connectivity index (χ2n) is 6.22. The van der Waals surface area contributed by atoms with Crippen molar-refractivity contribution in [1.29, 1.82) is 0 Å². The molecule has 1 heterocycles. The predicted octanol–water partition coefficient (Wildman–Crippen LogP) is 5.60. The summed E-state index contributed by atoms with van der Waals surface area (Å²) in [6.07, 6.45) is -1.59. The normalized spacial score (nSPS) is 12.8. The minimum atomic E-state index is -4.49. The van der Waals surface area contributed by atoms with Crippen molar-refractivity contribution < 1.29 is 26.3 Å². The molecule has 0 fully saturated rings. The van der Waals surface area contributed by atoms with Gasteiger partial charge in [0, 0.05) is 23.5 Å². The van der Waals surface area contributed by atoms with Gasteiger partial charge in [0.1, 0.15) is 5.82 Å². The third kappa shape index (κ3) is 4.28. The van der Waals surface area contributed by atoms with E-state index in [0.29, 0.717) is 22.3 Å². The Labute approximate surface area is 161 Å². The van der Waals surface area contributed by atoms with Crippen LogP contribution in [-0.2, 0) is 23.0 Å². The number of pyridine rings is 1. The molecular weight excluding hydrogens is 394 g/mol. The van der Waals surface area contributed by atoms with E-state index in [1.165, 1.54) is 37.5 Å². The van der Waals surface area contributed by atoms with Crippen molar-refractivity contribution in [2.45, 2.75) is 18.9 Å². The first kappa shape index (κ1) is 20.2. The number of hydrogen-bond acceptors (Lipinski definition) is 2. The Morgan fingerprint density at radius 1 is 1.04 bits per heavy atom. The first-order chi connectivity index (χ1) is 13.2. The Morgan fingerprint density at radius 3 is 2.36 bits per heavy atom. The number of aromatic nitrogens is 1. The molecule has 0 radical (unpaired) electrons. The number of rotatable bonds is 4. The lowest BCUT2D eigenvalue weighted by atomic mass is 9.93. The summed E-state index contributed by atoms with van der Waals surface area (Å²) >= 11 is -2.18. The Hall–Kier alpha value is -2.58. The van der Waals surface area contributed by atoms with Crippen molar-refractivity contribution in [3.8, 4) is 22.3 Å². The maximum Gasteiger partial charge on any atom is 0.416 e. The van der Waals surface area contributed by atoms with Crippen LogP contribution in [0.4, 0.5) is 17.6 Å². The lowest BCUT2D eigenvalue weighted by Crippen LogP contribution is -2.07. The van der Waals surface area contributed by atoms with E-state index in [1.54, 1.807) is 18.2 Å². The van der Waals surface area contributed by atoms with Crippen molar-refractivity contribution in [1.82, 2.24) is 4.98 Å². The SMILES string of the molecule is Cc1ccc(-c2ccncc2-c2ccc(CS(=O)O)c(F)c2)cc1C(F)(F)F. The first-order valence-electron chi connectivity index (χ1n) is 8.15. The molecule has 0 saturated carbocycles. The number of benzene rings is 2. The van der Waals surface area contributed by atoms with Gasteiger partial charge in [-0.05, 0) is 47.4 Å². The summed E-state index contributed by atoms with van der Waals surface area (Å²) in [5, 5.41) is 0. The molecule has 1 unspecified atom stereocenters. The van der Waals surface area contributed by atoms with Gasteiger partial charge in [0.25, 0.3) is 0 Å². The van der Waals surface area contributed by atoms with Crippen molar-refractivity contribution in [3.05, 3.63) is 77.4 Å². The summed E-state index contributed by atoms with van der Waals surface area (Å²) in [6.45, 7) is 1.39. The summed E-state index contributed by atoms with van der Waals surface area (Å²) in [5.74, 6) is -1.02. The Bertz CT molecular complexity index is 1050. The smallest absolute Gasteiger partial charge is 0.306 e. The van der Waals surface area contributed by atoms with E-state index in [2.05, 4.69) is 4.98 Å². The van der Waals surface area contributed by atoms with Crippen molar-refractivity contribution >= 4 is 11.1 Å². The fourth-order valence-electron chi connectivity index (χ4n) is 2.94. The maximum atomic E-state index is 14.3. The van der Waals surface area contributed by atoms with Crippen LogP contribution >= 0.6 is 0 Å². The molecule has 146 valence electrons. The highest BCUT2D eigenvalue weighted by Crippen LogP contribution is 2.37. The molecule has 3 nitrogen and oxygen atoms in total. The average Bonchev–Trinajstić information content (AvgIpc) is 2.62. The van der Waals surface area contributed by atoms with Gasteiger partial charge in [-0.3, -0.25) is 4.98 Å². The quantitative estimate of drug-likeness (QED) is 0.451. The van der Waals surface area contributed by atoms with Crippen LogP contribution in [0.3, 0.4) is 0 Å². The molecule has 28 heavy (non-hydrogen) atoms. The number of hydrogen-bond donors (Lipinski definition) is 1. The van der Waals surface area contributed by atoms with Gasteiger partial charge in [-0.25, -0.2) is 8.60 Å². The van der Waals surface area contributed by atoms with Gasteiger partial charge in [-0.1, -0.05) is 24.3 Å². The second kappa shape index (κ2) is 7.81. The van der Waals surface area contributed by atoms with Crippen molar-refractivity contribution in [2.24, 2.45) is 0 Å². The molecule has 1 aromatic heterocycles. The fourth-order valence-corrected chi connectivity index (χ4v) is 3.44. The van der Waals surface area contributed by atoms with Crippen LogP contribution in [0.5, 0.6) is 0 Å². The minimum Gasteiger partial charge on any atom is -0.306 e. The van der Waals surface area contributed by atoms with Gasteiger partial charge in [0.05, 0.1) is 11.3 Å². The summed E-state index contributed by atoms with van der Waals surface area (Å²) in [5.41, 5.74) is 1.11. The Balaban J connectivity index is 2.11. The summed E-state index contributed by atoms with van der Waals surface area (Å²) in [4.78, 5) is 4.00. The van der Waals surface area contributed by atoms with Crippen LogP contribution in [0.1, 0.15) is 16.7 Å². The largest absolute Gasteiger partial charge is 0.416 e. The summed E-state index contributed by atoms with van der Waals surface area (Å²) < 4.78 is 73.9. The number of aryl methyl sites for hydroxylation is 1. The molecule has 1 N–H and O–H groups in total. The molecule has 0 saturated heterocycles. The summed E-state index contributed by atoms with van der Waals surface area (Å²) in [7, 11) is 0. The molecule has 0 spiro atoms. The number of halogens is 4. The predicted molar refractivity (Wildman–Crippen MR) is 99.3 cm³/mol. The third-order valence-electron chi connectivity index (χ3n) is 4.32. The summed E-state index contributed by atoms with van der Waals surface area (Å²) in [6, 6.07) is 9.70. The number of nitrogens with zero attached hydrogens (tertiary/aromatic N) is 1. The molecule has 0 aliphatic heterocycles. The highest BCUT2D eigenvalue weighted by molar-refractivity contribution is 7.78.